The van der Waals surface area contributed by atoms with Crippen molar-refractivity contribution >= 4 is 17.5 Å². The molecular weight excluding hydrogens is 412 g/mol. The summed E-state index contributed by atoms with van der Waals surface area (Å²) in [4.78, 5) is 24.9. The van der Waals surface area contributed by atoms with E-state index in [1.54, 1.807) is 24.4 Å². The molecular formula is C23H22N4O5. The van der Waals surface area contributed by atoms with E-state index in [0.29, 0.717) is 35.9 Å². The summed E-state index contributed by atoms with van der Waals surface area (Å²) in [7, 11) is 0. The molecule has 3 heterocycles. The zero-order chi connectivity index (χ0) is 21.9. The lowest BCUT2D eigenvalue weighted by molar-refractivity contribution is -0.122. The minimum Gasteiger partial charge on any atom is -0.454 e. The number of rotatable bonds is 6. The molecule has 0 spiro atoms. The second-order valence-electron chi connectivity index (χ2n) is 7.56. The highest BCUT2D eigenvalue weighted by Crippen LogP contribution is 2.32. The second kappa shape index (κ2) is 8.72. The number of aromatic nitrogens is 2. The molecule has 0 saturated heterocycles. The van der Waals surface area contributed by atoms with Crippen molar-refractivity contribution in [2.75, 3.05) is 25.3 Å². The largest absolute Gasteiger partial charge is 0.454 e. The van der Waals surface area contributed by atoms with Crippen LogP contribution >= 0.6 is 0 Å². The molecule has 0 fully saturated rings. The van der Waals surface area contributed by atoms with E-state index in [2.05, 4.69) is 21.8 Å². The van der Waals surface area contributed by atoms with E-state index >= 15 is 0 Å². The van der Waals surface area contributed by atoms with Gasteiger partial charge >= 0.3 is 0 Å². The summed E-state index contributed by atoms with van der Waals surface area (Å²) in [6.07, 6.45) is 3.84. The Hall–Kier alpha value is -3.85. The number of amides is 2. The summed E-state index contributed by atoms with van der Waals surface area (Å²) in [5, 5.41) is 9.83. The molecule has 2 N–H and O–H groups in total. The normalized spacial score (nSPS) is 16.3. The molecule has 0 bridgehead atoms. The molecule has 32 heavy (non-hydrogen) atoms. The first-order valence-corrected chi connectivity index (χ1v) is 10.4. The van der Waals surface area contributed by atoms with Crippen LogP contribution < -0.4 is 20.1 Å². The quantitative estimate of drug-likeness (QED) is 0.617. The smallest absolute Gasteiger partial charge is 0.255 e. The Morgan fingerprint density at radius 2 is 2.00 bits per heavy atom. The van der Waals surface area contributed by atoms with Crippen molar-refractivity contribution in [2.24, 2.45) is 0 Å². The Morgan fingerprint density at radius 3 is 2.94 bits per heavy atom. The standard InChI is InChI=1S/C23H22N4O5/c28-22(24-11-21-18-4-2-1-3-15(18)7-8-30-21)13-27-12-17(10-25-27)26-23(29)16-5-6-19-20(9-16)32-14-31-19/h1-6,9-10,12,21H,7-8,11,13-14H2,(H,24,28)(H,26,29)/t21-/m1/s1. The number of carbonyl (C=O) groups excluding carboxylic acids is 2. The highest BCUT2D eigenvalue weighted by Gasteiger charge is 2.21. The zero-order valence-corrected chi connectivity index (χ0v) is 17.2. The van der Waals surface area contributed by atoms with Gasteiger partial charge in [0.15, 0.2) is 11.5 Å². The third kappa shape index (κ3) is 4.28. The summed E-state index contributed by atoms with van der Waals surface area (Å²) in [6.45, 7) is 1.22. The van der Waals surface area contributed by atoms with Crippen molar-refractivity contribution in [1.82, 2.24) is 15.1 Å². The lowest BCUT2D eigenvalue weighted by atomic mass is 9.97. The lowest BCUT2D eigenvalue weighted by Gasteiger charge is -2.26. The van der Waals surface area contributed by atoms with E-state index in [9.17, 15) is 9.59 Å². The molecule has 2 aliphatic rings. The Balaban J connectivity index is 1.14. The average Bonchev–Trinajstić information content (AvgIpc) is 3.46. The van der Waals surface area contributed by atoms with Crippen LogP contribution in [0.4, 0.5) is 5.69 Å². The SMILES string of the molecule is O=C(Cn1cc(NC(=O)c2ccc3c(c2)OCO3)cn1)NC[C@H]1OCCc2ccccc21. The van der Waals surface area contributed by atoms with Gasteiger partial charge in [0.1, 0.15) is 12.6 Å². The third-order valence-corrected chi connectivity index (χ3v) is 5.41. The van der Waals surface area contributed by atoms with Crippen LogP contribution in [-0.4, -0.2) is 41.5 Å². The highest BCUT2D eigenvalue weighted by molar-refractivity contribution is 6.04. The maximum Gasteiger partial charge on any atom is 0.255 e. The van der Waals surface area contributed by atoms with Crippen molar-refractivity contribution in [3.63, 3.8) is 0 Å². The third-order valence-electron chi connectivity index (χ3n) is 5.41. The van der Waals surface area contributed by atoms with Crippen LogP contribution in [0.25, 0.3) is 0 Å². The van der Waals surface area contributed by atoms with Gasteiger partial charge in [-0.15, -0.1) is 0 Å². The van der Waals surface area contributed by atoms with Gasteiger partial charge in [-0.2, -0.15) is 5.10 Å². The molecule has 5 rings (SSSR count). The minimum absolute atomic E-state index is 0.0360. The van der Waals surface area contributed by atoms with Crippen LogP contribution in [0, 0.1) is 0 Å². The summed E-state index contributed by atoms with van der Waals surface area (Å²) in [5.41, 5.74) is 3.30. The Bertz CT molecular complexity index is 1160. The first kappa shape index (κ1) is 20.1. The fourth-order valence-corrected chi connectivity index (χ4v) is 3.81. The number of hydrogen-bond donors (Lipinski definition) is 2. The van der Waals surface area contributed by atoms with Gasteiger partial charge in [0.2, 0.25) is 12.7 Å². The van der Waals surface area contributed by atoms with Gasteiger partial charge in [-0.3, -0.25) is 14.3 Å². The topological polar surface area (TPSA) is 104 Å². The minimum atomic E-state index is -0.305. The number of carbonyl (C=O) groups is 2. The van der Waals surface area contributed by atoms with Gasteiger partial charge in [0.05, 0.1) is 18.5 Å². The van der Waals surface area contributed by atoms with E-state index in [1.807, 2.05) is 18.2 Å². The van der Waals surface area contributed by atoms with Gasteiger partial charge < -0.3 is 24.8 Å². The molecule has 9 heteroatoms. The van der Waals surface area contributed by atoms with E-state index in [0.717, 1.165) is 12.0 Å². The van der Waals surface area contributed by atoms with Crippen LogP contribution in [0.15, 0.2) is 54.9 Å². The number of benzene rings is 2. The van der Waals surface area contributed by atoms with Crippen LogP contribution in [0.2, 0.25) is 0 Å². The van der Waals surface area contributed by atoms with Gasteiger partial charge in [0.25, 0.3) is 5.91 Å². The molecule has 164 valence electrons. The van der Waals surface area contributed by atoms with E-state index in [1.165, 1.54) is 16.4 Å². The highest BCUT2D eigenvalue weighted by atomic mass is 16.7. The fraction of sp³-hybridized carbons (Fsp3) is 0.261. The fourth-order valence-electron chi connectivity index (χ4n) is 3.81. The summed E-state index contributed by atoms with van der Waals surface area (Å²) in [5.74, 6) is 0.658. The van der Waals surface area contributed by atoms with Crippen molar-refractivity contribution in [3.8, 4) is 11.5 Å². The molecule has 9 nitrogen and oxygen atoms in total. The monoisotopic (exact) mass is 434 g/mol. The Morgan fingerprint density at radius 1 is 1.12 bits per heavy atom. The molecule has 2 amide bonds. The van der Waals surface area contributed by atoms with Crippen molar-refractivity contribution < 1.29 is 23.8 Å². The van der Waals surface area contributed by atoms with E-state index in [4.69, 9.17) is 14.2 Å². The Labute approximate surface area is 184 Å². The molecule has 1 aromatic heterocycles. The average molecular weight is 434 g/mol. The molecule has 0 aliphatic carbocycles. The summed E-state index contributed by atoms with van der Waals surface area (Å²) in [6, 6.07) is 13.1. The summed E-state index contributed by atoms with van der Waals surface area (Å²) >= 11 is 0. The molecule has 2 aliphatic heterocycles. The number of anilines is 1. The zero-order valence-electron chi connectivity index (χ0n) is 17.2. The van der Waals surface area contributed by atoms with Crippen molar-refractivity contribution in [2.45, 2.75) is 19.1 Å². The Kier molecular flexibility index (Phi) is 5.47. The maximum atomic E-state index is 12.5. The first-order chi connectivity index (χ1) is 15.7. The van der Waals surface area contributed by atoms with Crippen LogP contribution in [0.3, 0.4) is 0 Å². The van der Waals surface area contributed by atoms with Crippen LogP contribution in [-0.2, 0) is 22.5 Å². The number of hydrogen-bond acceptors (Lipinski definition) is 6. The number of ether oxygens (including phenoxy) is 3. The second-order valence-corrected chi connectivity index (χ2v) is 7.56. The lowest BCUT2D eigenvalue weighted by Crippen LogP contribution is -2.34. The van der Waals surface area contributed by atoms with Gasteiger partial charge in [-0.25, -0.2) is 0 Å². The van der Waals surface area contributed by atoms with E-state index in [-0.39, 0.29) is 31.3 Å². The maximum absolute atomic E-state index is 12.5. The van der Waals surface area contributed by atoms with E-state index < -0.39 is 0 Å². The number of fused-ring (bicyclic) bond motifs is 2. The summed E-state index contributed by atoms with van der Waals surface area (Å²) < 4.78 is 17.8. The molecule has 1 atom stereocenters. The van der Waals surface area contributed by atoms with Gasteiger partial charge in [-0.1, -0.05) is 24.3 Å². The predicted molar refractivity (Wildman–Crippen MR) is 115 cm³/mol. The van der Waals surface area contributed by atoms with Crippen LogP contribution in [0.1, 0.15) is 27.6 Å². The molecule has 0 saturated carbocycles. The van der Waals surface area contributed by atoms with Gasteiger partial charge in [0, 0.05) is 18.3 Å². The number of nitrogens with zero attached hydrogens (tertiary/aromatic N) is 2. The molecule has 3 aromatic rings. The molecule has 0 radical (unpaired) electrons. The first-order valence-electron chi connectivity index (χ1n) is 10.4. The molecule has 2 aromatic carbocycles. The van der Waals surface area contributed by atoms with Crippen LogP contribution in [0.5, 0.6) is 11.5 Å². The van der Waals surface area contributed by atoms with Crippen molar-refractivity contribution in [3.05, 3.63) is 71.5 Å². The van der Waals surface area contributed by atoms with Crippen molar-refractivity contribution in [1.29, 1.82) is 0 Å². The predicted octanol–water partition coefficient (Wildman–Crippen LogP) is 2.29. The van der Waals surface area contributed by atoms with Gasteiger partial charge in [-0.05, 0) is 35.7 Å². The number of nitrogens with one attached hydrogen (secondary N) is 2. The molecule has 0 unspecified atom stereocenters.